The van der Waals surface area contributed by atoms with Crippen LogP contribution < -0.4 is 10.7 Å². The van der Waals surface area contributed by atoms with Crippen molar-refractivity contribution in [3.05, 3.63) is 59.7 Å². The van der Waals surface area contributed by atoms with Gasteiger partial charge in [0.2, 0.25) is 11.8 Å². The Morgan fingerprint density at radius 2 is 1.71 bits per heavy atom. The van der Waals surface area contributed by atoms with Gasteiger partial charge in [0.15, 0.2) is 6.04 Å². The summed E-state index contributed by atoms with van der Waals surface area (Å²) in [5.41, 5.74) is 6.24. The molecule has 6 rings (SSSR count). The topological polar surface area (TPSA) is 125 Å². The number of carbonyl (C=O) groups excluding carboxylic acids is 3. The van der Waals surface area contributed by atoms with Crippen molar-refractivity contribution >= 4 is 23.9 Å². The minimum Gasteiger partial charge on any atom is -0.480 e. The van der Waals surface area contributed by atoms with E-state index >= 15 is 0 Å². The van der Waals surface area contributed by atoms with Crippen molar-refractivity contribution < 1.29 is 29.0 Å². The molecule has 35 heavy (non-hydrogen) atoms. The van der Waals surface area contributed by atoms with Gasteiger partial charge in [0, 0.05) is 12.0 Å². The van der Waals surface area contributed by atoms with Crippen molar-refractivity contribution in [3.8, 4) is 11.1 Å². The molecule has 1 saturated heterocycles. The number of hydrazine groups is 1. The van der Waals surface area contributed by atoms with Gasteiger partial charge in [0.1, 0.15) is 6.61 Å². The second-order valence-electron chi connectivity index (χ2n) is 9.93. The predicted molar refractivity (Wildman–Crippen MR) is 123 cm³/mol. The molecular weight excluding hydrogens is 450 g/mol. The highest BCUT2D eigenvalue weighted by Crippen LogP contribution is 2.64. The maximum absolute atomic E-state index is 13.1. The third-order valence-electron chi connectivity index (χ3n) is 7.94. The number of rotatable bonds is 5. The van der Waals surface area contributed by atoms with Crippen LogP contribution in [0.25, 0.3) is 11.1 Å². The lowest BCUT2D eigenvalue weighted by molar-refractivity contribution is -0.153. The third-order valence-corrected chi connectivity index (χ3v) is 7.94. The van der Waals surface area contributed by atoms with E-state index in [1.807, 2.05) is 24.3 Å². The number of benzene rings is 2. The van der Waals surface area contributed by atoms with Gasteiger partial charge in [-0.2, -0.15) is 0 Å². The molecule has 9 heteroatoms. The maximum atomic E-state index is 13.1. The van der Waals surface area contributed by atoms with E-state index in [2.05, 4.69) is 35.0 Å². The highest BCUT2D eigenvalue weighted by molar-refractivity contribution is 5.97. The fourth-order valence-corrected chi connectivity index (χ4v) is 6.23. The normalized spacial score (nSPS) is 28.1. The number of alkyl carbamates (subject to hydrolysis) is 1. The standard InChI is InChI=1S/C26H25N3O6/c30-22-10-21(23(31)32)29(28-22)24(33)26-11-14(26)9-15(12-26)27-25(34)35-13-20-18-7-3-1-5-16(18)17-6-2-4-8-19(17)20/h1-8,14-15,20-21H,9-13H2,(H,27,34)(H,28,30)(H,31,32)/t14-,15+,21?,26+/m1/s1. The van der Waals surface area contributed by atoms with Gasteiger partial charge in [-0.1, -0.05) is 48.5 Å². The van der Waals surface area contributed by atoms with Crippen LogP contribution in [0, 0.1) is 11.3 Å². The van der Waals surface area contributed by atoms with Gasteiger partial charge in [0.25, 0.3) is 0 Å². The molecule has 1 aliphatic heterocycles. The second kappa shape index (κ2) is 7.83. The lowest BCUT2D eigenvalue weighted by Gasteiger charge is -2.25. The van der Waals surface area contributed by atoms with Gasteiger partial charge in [-0.3, -0.25) is 15.0 Å². The Balaban J connectivity index is 1.08. The van der Waals surface area contributed by atoms with Crippen LogP contribution in [-0.4, -0.2) is 52.7 Å². The summed E-state index contributed by atoms with van der Waals surface area (Å²) in [5.74, 6) is -2.05. The van der Waals surface area contributed by atoms with Crippen LogP contribution in [0.15, 0.2) is 48.5 Å². The molecular formula is C26H25N3O6. The zero-order valence-corrected chi connectivity index (χ0v) is 18.9. The van der Waals surface area contributed by atoms with E-state index < -0.39 is 29.4 Å². The van der Waals surface area contributed by atoms with Crippen molar-refractivity contribution in [1.29, 1.82) is 0 Å². The van der Waals surface area contributed by atoms with Crippen LogP contribution in [0.5, 0.6) is 0 Å². The number of nitrogens with one attached hydrogen (secondary N) is 2. The summed E-state index contributed by atoms with van der Waals surface area (Å²) in [4.78, 5) is 49.0. The molecule has 0 aromatic heterocycles. The highest BCUT2D eigenvalue weighted by atomic mass is 16.5. The number of carboxylic acids is 1. The summed E-state index contributed by atoms with van der Waals surface area (Å²) in [6.07, 6.45) is 0.879. The first-order valence-corrected chi connectivity index (χ1v) is 11.8. The van der Waals surface area contributed by atoms with Gasteiger partial charge in [-0.25, -0.2) is 14.6 Å². The van der Waals surface area contributed by atoms with Crippen molar-refractivity contribution in [2.24, 2.45) is 11.3 Å². The number of carboxylic acid groups (broad SMARTS) is 1. The van der Waals surface area contributed by atoms with E-state index in [1.165, 1.54) is 0 Å². The van der Waals surface area contributed by atoms with Gasteiger partial charge >= 0.3 is 12.1 Å². The van der Waals surface area contributed by atoms with Gasteiger partial charge in [-0.15, -0.1) is 0 Å². The van der Waals surface area contributed by atoms with Crippen LogP contribution >= 0.6 is 0 Å². The number of amides is 3. The summed E-state index contributed by atoms with van der Waals surface area (Å²) in [6, 6.07) is 14.8. The Labute approximate surface area is 201 Å². The number of hydrogen-bond donors (Lipinski definition) is 3. The van der Waals surface area contributed by atoms with Crippen LogP contribution in [0.1, 0.15) is 42.7 Å². The number of carbonyl (C=O) groups is 4. The fourth-order valence-electron chi connectivity index (χ4n) is 6.23. The zero-order valence-electron chi connectivity index (χ0n) is 18.9. The molecule has 4 atom stereocenters. The molecule has 1 heterocycles. The molecule has 0 spiro atoms. The van der Waals surface area contributed by atoms with Crippen molar-refractivity contribution in [3.63, 3.8) is 0 Å². The highest BCUT2D eigenvalue weighted by Gasteiger charge is 2.67. The smallest absolute Gasteiger partial charge is 0.407 e. The summed E-state index contributed by atoms with van der Waals surface area (Å²) in [6.45, 7) is 0.209. The van der Waals surface area contributed by atoms with Crippen LogP contribution in [-0.2, 0) is 19.1 Å². The first kappa shape index (κ1) is 21.6. The molecule has 3 amide bonds. The number of hydrogen-bond acceptors (Lipinski definition) is 5. The average Bonchev–Trinajstić information content (AvgIpc) is 3.13. The Morgan fingerprint density at radius 1 is 1.06 bits per heavy atom. The molecule has 4 aliphatic rings. The molecule has 0 bridgehead atoms. The van der Waals surface area contributed by atoms with Gasteiger partial charge in [-0.05, 0) is 47.4 Å². The molecule has 3 N–H and O–H groups in total. The fraction of sp³-hybridized carbons (Fsp3) is 0.385. The van der Waals surface area contributed by atoms with E-state index in [-0.39, 0.29) is 36.8 Å². The van der Waals surface area contributed by atoms with Crippen LogP contribution in [0.2, 0.25) is 0 Å². The van der Waals surface area contributed by atoms with E-state index in [9.17, 15) is 24.3 Å². The van der Waals surface area contributed by atoms with E-state index in [1.54, 1.807) is 0 Å². The average molecular weight is 476 g/mol. The molecule has 2 aromatic rings. The minimum absolute atomic E-state index is 0.0372. The number of ether oxygens (including phenoxy) is 1. The van der Waals surface area contributed by atoms with Crippen molar-refractivity contribution in [2.45, 2.75) is 43.7 Å². The molecule has 2 aromatic carbocycles. The molecule has 180 valence electrons. The number of aliphatic carboxylic acids is 1. The number of nitrogens with zero attached hydrogens (tertiary/aromatic N) is 1. The molecule has 3 aliphatic carbocycles. The largest absolute Gasteiger partial charge is 0.480 e. The summed E-state index contributed by atoms with van der Waals surface area (Å²) in [5, 5.41) is 13.2. The Kier molecular flexibility index (Phi) is 4.84. The third kappa shape index (κ3) is 3.45. The SMILES string of the molecule is O=C1CC(C(=O)O)N(C(=O)[C@@]23C[C@@H](NC(=O)OCC4c5ccccc5-c5ccccc54)C[C@@H]2C3)N1. The number of fused-ring (bicyclic) bond motifs is 4. The van der Waals surface area contributed by atoms with E-state index in [4.69, 9.17) is 4.74 Å². The molecule has 2 saturated carbocycles. The maximum Gasteiger partial charge on any atom is 0.407 e. The summed E-state index contributed by atoms with van der Waals surface area (Å²) in [7, 11) is 0. The summed E-state index contributed by atoms with van der Waals surface area (Å²) < 4.78 is 5.63. The lowest BCUT2D eigenvalue weighted by atomic mass is 9.98. The molecule has 9 nitrogen and oxygen atoms in total. The molecule has 1 unspecified atom stereocenters. The lowest BCUT2D eigenvalue weighted by Crippen LogP contribution is -2.50. The van der Waals surface area contributed by atoms with Crippen LogP contribution in [0.4, 0.5) is 4.79 Å². The van der Waals surface area contributed by atoms with Crippen molar-refractivity contribution in [2.75, 3.05) is 6.61 Å². The monoisotopic (exact) mass is 475 g/mol. The Bertz CT molecular complexity index is 1220. The first-order valence-electron chi connectivity index (χ1n) is 11.8. The molecule has 0 radical (unpaired) electrons. The van der Waals surface area contributed by atoms with Gasteiger partial charge in [0.05, 0.1) is 11.8 Å². The Hall–Kier alpha value is -3.88. The van der Waals surface area contributed by atoms with Crippen molar-refractivity contribution in [1.82, 2.24) is 15.8 Å². The predicted octanol–water partition coefficient (Wildman–Crippen LogP) is 2.41. The first-order chi connectivity index (χ1) is 16.9. The zero-order chi connectivity index (χ0) is 24.3. The minimum atomic E-state index is -1.21. The summed E-state index contributed by atoms with van der Waals surface area (Å²) >= 11 is 0. The Morgan fingerprint density at radius 3 is 2.37 bits per heavy atom. The quantitative estimate of drug-likeness (QED) is 0.610. The molecule has 3 fully saturated rings. The second-order valence-corrected chi connectivity index (χ2v) is 9.93. The van der Waals surface area contributed by atoms with Gasteiger partial charge < -0.3 is 15.2 Å². The van der Waals surface area contributed by atoms with E-state index in [0.29, 0.717) is 19.3 Å². The van der Waals surface area contributed by atoms with E-state index in [0.717, 1.165) is 27.3 Å². The van der Waals surface area contributed by atoms with Crippen LogP contribution in [0.3, 0.4) is 0 Å².